The van der Waals surface area contributed by atoms with Crippen molar-refractivity contribution < 1.29 is 19.4 Å². The third-order valence-electron chi connectivity index (χ3n) is 7.57. The van der Waals surface area contributed by atoms with Crippen molar-refractivity contribution in [2.45, 2.75) is 24.7 Å². The van der Waals surface area contributed by atoms with Gasteiger partial charge in [0.05, 0.1) is 25.6 Å². The van der Waals surface area contributed by atoms with Crippen LogP contribution in [-0.4, -0.2) is 46.0 Å². The number of carbonyl (C=O) groups is 2. The van der Waals surface area contributed by atoms with Gasteiger partial charge in [-0.3, -0.25) is 14.5 Å². The molecule has 2 heterocycles. The van der Waals surface area contributed by atoms with E-state index >= 15 is 0 Å². The number of amides is 2. The van der Waals surface area contributed by atoms with Crippen LogP contribution in [0.3, 0.4) is 0 Å². The number of hydrogen-bond donors (Lipinski definition) is 2. The second kappa shape index (κ2) is 10.4. The predicted molar refractivity (Wildman–Crippen MR) is 150 cm³/mol. The summed E-state index contributed by atoms with van der Waals surface area (Å²) >= 11 is 0. The first-order valence-electron chi connectivity index (χ1n) is 13.0. The number of likely N-dealkylation sites (tertiary alicyclic amines) is 1. The number of anilines is 1. The molecule has 2 aliphatic rings. The summed E-state index contributed by atoms with van der Waals surface area (Å²) in [6.07, 6.45) is 2.55. The fourth-order valence-corrected chi connectivity index (χ4v) is 5.64. The molecule has 1 saturated heterocycles. The lowest BCUT2D eigenvalue weighted by Crippen LogP contribution is -2.55. The molecule has 196 valence electrons. The van der Waals surface area contributed by atoms with Gasteiger partial charge in [0.15, 0.2) is 0 Å². The summed E-state index contributed by atoms with van der Waals surface area (Å²) in [6, 6.07) is 29.1. The Bertz CT molecular complexity index is 1550. The number of benzene rings is 4. The monoisotopic (exact) mass is 519 g/mol. The van der Waals surface area contributed by atoms with E-state index in [4.69, 9.17) is 4.74 Å². The Kier molecular flexibility index (Phi) is 6.60. The summed E-state index contributed by atoms with van der Waals surface area (Å²) in [5.74, 6) is -0.682. The fourth-order valence-electron chi connectivity index (χ4n) is 5.64. The molecule has 2 aliphatic heterocycles. The van der Waals surface area contributed by atoms with Gasteiger partial charge in [0.25, 0.3) is 0 Å². The zero-order chi connectivity index (χ0) is 26.9. The second-order valence-electron chi connectivity index (χ2n) is 9.82. The van der Waals surface area contributed by atoms with Gasteiger partial charge in [-0.1, -0.05) is 91.0 Å². The number of rotatable bonds is 7. The number of ether oxygens (including phenoxy) is 1. The van der Waals surface area contributed by atoms with Crippen molar-refractivity contribution in [2.24, 2.45) is 5.92 Å². The molecular formula is C32H29N3O4. The quantitative estimate of drug-likeness (QED) is 0.272. The minimum Gasteiger partial charge on any atom is -0.496 e. The molecule has 0 bridgehead atoms. The number of hydrazine groups is 1. The molecule has 6 rings (SSSR count). The smallest absolute Gasteiger partial charge is 0.249 e. The molecule has 0 aliphatic carbocycles. The lowest BCUT2D eigenvalue weighted by atomic mass is 9.90. The maximum Gasteiger partial charge on any atom is 0.249 e. The van der Waals surface area contributed by atoms with E-state index in [0.29, 0.717) is 11.3 Å². The van der Waals surface area contributed by atoms with Crippen molar-refractivity contribution in [1.82, 2.24) is 9.91 Å². The molecule has 39 heavy (non-hydrogen) atoms. The van der Waals surface area contributed by atoms with Gasteiger partial charge in [0.1, 0.15) is 17.9 Å². The van der Waals surface area contributed by atoms with Crippen LogP contribution in [0.15, 0.2) is 109 Å². The Morgan fingerprint density at radius 1 is 0.846 bits per heavy atom. The third-order valence-corrected chi connectivity index (χ3v) is 7.57. The van der Waals surface area contributed by atoms with E-state index < -0.39 is 24.1 Å². The number of nitrogens with one attached hydrogen (secondary N) is 1. The minimum atomic E-state index is -1.02. The largest absolute Gasteiger partial charge is 0.496 e. The molecule has 4 aromatic rings. The molecule has 0 spiro atoms. The van der Waals surface area contributed by atoms with Gasteiger partial charge in [-0.2, -0.15) is 0 Å². The van der Waals surface area contributed by atoms with Crippen molar-refractivity contribution in [2.75, 3.05) is 12.5 Å². The molecule has 4 atom stereocenters. The third kappa shape index (κ3) is 4.46. The summed E-state index contributed by atoms with van der Waals surface area (Å²) in [4.78, 5) is 29.0. The van der Waals surface area contributed by atoms with E-state index in [1.54, 1.807) is 36.4 Å². The molecule has 0 aromatic heterocycles. The van der Waals surface area contributed by atoms with E-state index in [1.807, 2.05) is 84.9 Å². The van der Waals surface area contributed by atoms with Crippen LogP contribution in [0.1, 0.15) is 17.2 Å². The summed E-state index contributed by atoms with van der Waals surface area (Å²) < 4.78 is 5.50. The van der Waals surface area contributed by atoms with Crippen LogP contribution >= 0.6 is 0 Å². The standard InChI is InChI=1S/C32H29N3O4/c1-39-28-17-8-7-16-25(28)30(36)27-19-18-26-29(35(27)33-23-13-3-2-4-14-23)32(38)34(31(26)37)20-22-12-9-11-21-10-5-6-15-24(21)22/h2-19,26-27,29-30,33,36H,20H2,1H3/t26-,27-,29+,30-/m1/s1. The zero-order valence-electron chi connectivity index (χ0n) is 21.5. The van der Waals surface area contributed by atoms with Gasteiger partial charge in [-0.05, 0) is 34.5 Å². The van der Waals surface area contributed by atoms with E-state index in [1.165, 1.54) is 4.90 Å². The number of carbonyl (C=O) groups excluding carboxylic acids is 2. The Labute approximate surface area is 226 Å². The van der Waals surface area contributed by atoms with Gasteiger partial charge in [-0.25, -0.2) is 5.01 Å². The molecule has 4 aromatic carbocycles. The van der Waals surface area contributed by atoms with Crippen molar-refractivity contribution in [3.8, 4) is 5.75 Å². The van der Waals surface area contributed by atoms with E-state index in [9.17, 15) is 14.7 Å². The fraction of sp³-hybridized carbons (Fsp3) is 0.188. The number of methoxy groups -OCH3 is 1. The Hall–Kier alpha value is -4.46. The van der Waals surface area contributed by atoms with Crippen LogP contribution in [0.5, 0.6) is 5.75 Å². The van der Waals surface area contributed by atoms with Crippen molar-refractivity contribution >= 4 is 28.3 Å². The first kappa shape index (κ1) is 24.9. The highest BCUT2D eigenvalue weighted by atomic mass is 16.5. The van der Waals surface area contributed by atoms with Crippen LogP contribution in [0.4, 0.5) is 5.69 Å². The van der Waals surface area contributed by atoms with Crippen LogP contribution in [0, 0.1) is 5.92 Å². The highest BCUT2D eigenvalue weighted by Crippen LogP contribution is 2.38. The van der Waals surface area contributed by atoms with E-state index in [0.717, 1.165) is 22.0 Å². The van der Waals surface area contributed by atoms with Gasteiger partial charge in [-0.15, -0.1) is 0 Å². The highest BCUT2D eigenvalue weighted by Gasteiger charge is 2.53. The maximum absolute atomic E-state index is 14.0. The topological polar surface area (TPSA) is 82.1 Å². The highest BCUT2D eigenvalue weighted by molar-refractivity contribution is 6.08. The van der Waals surface area contributed by atoms with Gasteiger partial charge in [0.2, 0.25) is 11.8 Å². The normalized spacial score (nSPS) is 21.7. The SMILES string of the molecule is COc1ccccc1[C@@H](O)[C@H]1C=C[C@H]2C(=O)N(Cc3cccc4ccccc34)C(=O)[C@H]2N1Nc1ccccc1. The number of nitrogens with zero attached hydrogens (tertiary/aromatic N) is 2. The van der Waals surface area contributed by atoms with E-state index in [2.05, 4.69) is 5.43 Å². The van der Waals surface area contributed by atoms with Crippen LogP contribution in [0.25, 0.3) is 10.8 Å². The van der Waals surface area contributed by atoms with Gasteiger partial charge in [0, 0.05) is 11.3 Å². The molecule has 2 N–H and O–H groups in total. The van der Waals surface area contributed by atoms with Gasteiger partial charge >= 0.3 is 0 Å². The second-order valence-corrected chi connectivity index (χ2v) is 9.82. The summed E-state index contributed by atoms with van der Waals surface area (Å²) in [7, 11) is 1.56. The molecule has 0 unspecified atom stereocenters. The summed E-state index contributed by atoms with van der Waals surface area (Å²) in [6.45, 7) is 0.179. The van der Waals surface area contributed by atoms with Crippen molar-refractivity contribution in [1.29, 1.82) is 0 Å². The summed E-state index contributed by atoms with van der Waals surface area (Å²) in [5, 5.41) is 15.4. The Morgan fingerprint density at radius 3 is 2.38 bits per heavy atom. The minimum absolute atomic E-state index is 0.179. The molecule has 7 nitrogen and oxygen atoms in total. The Balaban J connectivity index is 1.37. The lowest BCUT2D eigenvalue weighted by Gasteiger charge is -2.40. The lowest BCUT2D eigenvalue weighted by molar-refractivity contribution is -0.140. The number of aliphatic hydroxyl groups excluding tert-OH is 1. The van der Waals surface area contributed by atoms with Gasteiger partial charge < -0.3 is 15.3 Å². The number of fused-ring (bicyclic) bond motifs is 2. The average molecular weight is 520 g/mol. The molecule has 2 amide bonds. The maximum atomic E-state index is 14.0. The molecule has 0 radical (unpaired) electrons. The number of hydrogen-bond acceptors (Lipinski definition) is 6. The number of aliphatic hydroxyl groups is 1. The molecule has 1 fully saturated rings. The van der Waals surface area contributed by atoms with Crippen molar-refractivity contribution in [3.05, 3.63) is 120 Å². The first-order valence-corrected chi connectivity index (χ1v) is 13.0. The van der Waals surface area contributed by atoms with Crippen LogP contribution < -0.4 is 10.2 Å². The zero-order valence-corrected chi connectivity index (χ0v) is 21.5. The van der Waals surface area contributed by atoms with E-state index in [-0.39, 0.29) is 18.4 Å². The first-order chi connectivity index (χ1) is 19.1. The predicted octanol–water partition coefficient (Wildman–Crippen LogP) is 4.70. The number of para-hydroxylation sites is 2. The van der Waals surface area contributed by atoms with Crippen LogP contribution in [-0.2, 0) is 16.1 Å². The Morgan fingerprint density at radius 2 is 1.56 bits per heavy atom. The average Bonchev–Trinajstić information content (AvgIpc) is 3.22. The molecule has 7 heteroatoms. The molecule has 0 saturated carbocycles. The number of imide groups is 1. The molecular weight excluding hydrogens is 490 g/mol. The van der Waals surface area contributed by atoms with Crippen LogP contribution in [0.2, 0.25) is 0 Å². The van der Waals surface area contributed by atoms with Crippen molar-refractivity contribution in [3.63, 3.8) is 0 Å². The summed E-state index contributed by atoms with van der Waals surface area (Å²) in [5.41, 5.74) is 5.59.